The molecule has 0 atom stereocenters. The summed E-state index contributed by atoms with van der Waals surface area (Å²) in [6.45, 7) is 6.23. The van der Waals surface area contributed by atoms with E-state index in [1.807, 2.05) is 30.7 Å². The smallest absolute Gasteiger partial charge is 0.289 e. The van der Waals surface area contributed by atoms with Crippen molar-refractivity contribution in [3.8, 4) is 0 Å². The number of aryl methyl sites for hydroxylation is 2. The molecular formula is C20H28N4O3. The average molecular weight is 372 g/mol. The second-order valence-electron chi connectivity index (χ2n) is 7.16. The van der Waals surface area contributed by atoms with Gasteiger partial charge in [0.05, 0.1) is 12.2 Å². The van der Waals surface area contributed by atoms with Gasteiger partial charge in [-0.3, -0.25) is 14.3 Å². The van der Waals surface area contributed by atoms with Crippen molar-refractivity contribution >= 4 is 11.8 Å². The predicted molar refractivity (Wildman–Crippen MR) is 102 cm³/mol. The van der Waals surface area contributed by atoms with Crippen molar-refractivity contribution in [1.82, 2.24) is 20.0 Å². The molecule has 0 bridgehead atoms. The van der Waals surface area contributed by atoms with E-state index in [0.29, 0.717) is 37.6 Å². The zero-order valence-corrected chi connectivity index (χ0v) is 16.2. The third-order valence-electron chi connectivity index (χ3n) is 4.85. The van der Waals surface area contributed by atoms with Crippen LogP contribution in [0, 0.1) is 13.8 Å². The molecule has 0 unspecified atom stereocenters. The molecule has 1 aliphatic rings. The molecule has 2 aromatic heterocycles. The quantitative estimate of drug-likeness (QED) is 0.898. The highest BCUT2D eigenvalue weighted by Gasteiger charge is 2.20. The van der Waals surface area contributed by atoms with Crippen molar-refractivity contribution in [2.75, 3.05) is 19.6 Å². The van der Waals surface area contributed by atoms with E-state index in [1.54, 1.807) is 11.0 Å². The van der Waals surface area contributed by atoms with Crippen LogP contribution < -0.4 is 5.32 Å². The molecule has 1 aliphatic heterocycles. The van der Waals surface area contributed by atoms with Crippen LogP contribution in [0.3, 0.4) is 0 Å². The lowest BCUT2D eigenvalue weighted by atomic mass is 10.2. The largest absolute Gasteiger partial charge is 0.454 e. The maximum Gasteiger partial charge on any atom is 0.289 e. The summed E-state index contributed by atoms with van der Waals surface area (Å²) in [6, 6.07) is 5.55. The minimum Gasteiger partial charge on any atom is -0.454 e. The summed E-state index contributed by atoms with van der Waals surface area (Å²) in [7, 11) is 0. The Kier molecular flexibility index (Phi) is 6.32. The average Bonchev–Trinajstić information content (AvgIpc) is 3.21. The van der Waals surface area contributed by atoms with Crippen LogP contribution >= 0.6 is 0 Å². The third-order valence-corrected chi connectivity index (χ3v) is 4.85. The fourth-order valence-corrected chi connectivity index (χ4v) is 3.37. The summed E-state index contributed by atoms with van der Waals surface area (Å²) in [5, 5.41) is 7.33. The Balaban J connectivity index is 1.67. The molecule has 7 nitrogen and oxygen atoms in total. The Hall–Kier alpha value is -2.57. The molecule has 2 aromatic rings. The third kappa shape index (κ3) is 5.21. The van der Waals surface area contributed by atoms with Gasteiger partial charge in [0.1, 0.15) is 5.76 Å². The second kappa shape index (κ2) is 8.88. The van der Waals surface area contributed by atoms with Gasteiger partial charge < -0.3 is 14.6 Å². The fourth-order valence-electron chi connectivity index (χ4n) is 3.37. The summed E-state index contributed by atoms with van der Waals surface area (Å²) in [5.74, 6) is 0.864. The van der Waals surface area contributed by atoms with E-state index in [9.17, 15) is 9.59 Å². The molecule has 1 fully saturated rings. The zero-order chi connectivity index (χ0) is 19.2. The van der Waals surface area contributed by atoms with Gasteiger partial charge in [-0.2, -0.15) is 5.10 Å². The Morgan fingerprint density at radius 3 is 2.78 bits per heavy atom. The highest BCUT2D eigenvalue weighted by Crippen LogP contribution is 2.15. The molecule has 3 heterocycles. The molecule has 7 heteroatoms. The molecular weight excluding hydrogens is 344 g/mol. The lowest BCUT2D eigenvalue weighted by Gasteiger charge is -2.21. The molecule has 27 heavy (non-hydrogen) atoms. The first kappa shape index (κ1) is 19.2. The number of carbonyl (C=O) groups excluding carboxylic acids is 2. The minimum absolute atomic E-state index is 0.000592. The monoisotopic (exact) mass is 372 g/mol. The van der Waals surface area contributed by atoms with E-state index < -0.39 is 0 Å². The van der Waals surface area contributed by atoms with Crippen LogP contribution in [0.2, 0.25) is 0 Å². The SMILES string of the molecule is Cc1cc(C)n(Cc2ccc(C(=O)N3CCCCCCNC(=O)CC3)o2)n1. The first-order chi connectivity index (χ1) is 13.0. The first-order valence-corrected chi connectivity index (χ1v) is 9.68. The van der Waals surface area contributed by atoms with E-state index in [0.717, 1.165) is 43.6 Å². The summed E-state index contributed by atoms with van der Waals surface area (Å²) in [5.41, 5.74) is 2.01. The molecule has 0 saturated carbocycles. The summed E-state index contributed by atoms with van der Waals surface area (Å²) in [6.07, 6.45) is 4.38. The molecule has 146 valence electrons. The van der Waals surface area contributed by atoms with Gasteiger partial charge in [-0.25, -0.2) is 0 Å². The number of nitrogens with one attached hydrogen (secondary N) is 1. The molecule has 1 saturated heterocycles. The zero-order valence-electron chi connectivity index (χ0n) is 16.2. The molecule has 0 aromatic carbocycles. The fraction of sp³-hybridized carbons (Fsp3) is 0.550. The van der Waals surface area contributed by atoms with Crippen LogP contribution in [-0.4, -0.2) is 46.1 Å². The number of hydrogen-bond donors (Lipinski definition) is 1. The number of hydrogen-bond acceptors (Lipinski definition) is 4. The van der Waals surface area contributed by atoms with Crippen molar-refractivity contribution in [1.29, 1.82) is 0 Å². The van der Waals surface area contributed by atoms with Gasteiger partial charge in [0.25, 0.3) is 5.91 Å². The molecule has 0 aliphatic carbocycles. The molecule has 0 radical (unpaired) electrons. The van der Waals surface area contributed by atoms with Crippen LogP contribution in [-0.2, 0) is 11.3 Å². The Bertz CT molecular complexity index is 793. The van der Waals surface area contributed by atoms with Gasteiger partial charge >= 0.3 is 0 Å². The maximum atomic E-state index is 12.9. The van der Waals surface area contributed by atoms with Crippen LogP contribution in [0.25, 0.3) is 0 Å². The Morgan fingerprint density at radius 1 is 1.19 bits per heavy atom. The molecule has 0 spiro atoms. The van der Waals surface area contributed by atoms with Crippen LogP contribution in [0.4, 0.5) is 0 Å². The summed E-state index contributed by atoms with van der Waals surface area (Å²) < 4.78 is 7.65. The maximum absolute atomic E-state index is 12.9. The van der Waals surface area contributed by atoms with Crippen LogP contribution in [0.5, 0.6) is 0 Å². The highest BCUT2D eigenvalue weighted by atomic mass is 16.4. The van der Waals surface area contributed by atoms with Crippen molar-refractivity contribution in [2.24, 2.45) is 0 Å². The number of nitrogens with zero attached hydrogens (tertiary/aromatic N) is 3. The van der Waals surface area contributed by atoms with Crippen molar-refractivity contribution in [3.63, 3.8) is 0 Å². The van der Waals surface area contributed by atoms with E-state index in [1.165, 1.54) is 0 Å². The van der Waals surface area contributed by atoms with Gasteiger partial charge in [0.15, 0.2) is 5.76 Å². The number of furan rings is 1. The van der Waals surface area contributed by atoms with Gasteiger partial charge in [0, 0.05) is 31.7 Å². The lowest BCUT2D eigenvalue weighted by Crippen LogP contribution is -2.35. The van der Waals surface area contributed by atoms with E-state index >= 15 is 0 Å². The highest BCUT2D eigenvalue weighted by molar-refractivity contribution is 5.91. The summed E-state index contributed by atoms with van der Waals surface area (Å²) >= 11 is 0. The van der Waals surface area contributed by atoms with Crippen molar-refractivity contribution < 1.29 is 14.0 Å². The number of amides is 2. The van der Waals surface area contributed by atoms with Gasteiger partial charge in [-0.1, -0.05) is 12.8 Å². The standard InChI is InChI=1S/C20H28N4O3/c1-15-13-16(2)24(22-15)14-17-7-8-18(27-17)20(26)23-11-6-4-3-5-10-21-19(25)9-12-23/h7-8,13H,3-6,9-12,14H2,1-2H3,(H,21,25). The summed E-state index contributed by atoms with van der Waals surface area (Å²) in [4.78, 5) is 26.5. The predicted octanol–water partition coefficient (Wildman–Crippen LogP) is 2.66. The van der Waals surface area contributed by atoms with Gasteiger partial charge in [0.2, 0.25) is 5.91 Å². The van der Waals surface area contributed by atoms with Crippen molar-refractivity contribution in [2.45, 2.75) is 52.5 Å². The minimum atomic E-state index is -0.151. The first-order valence-electron chi connectivity index (χ1n) is 9.68. The number of aromatic nitrogens is 2. The molecule has 3 rings (SSSR count). The second-order valence-corrected chi connectivity index (χ2v) is 7.16. The van der Waals surface area contributed by atoms with E-state index in [2.05, 4.69) is 10.4 Å². The molecule has 1 N–H and O–H groups in total. The number of rotatable bonds is 3. The topological polar surface area (TPSA) is 80.4 Å². The van der Waals surface area contributed by atoms with E-state index in [-0.39, 0.29) is 11.8 Å². The van der Waals surface area contributed by atoms with E-state index in [4.69, 9.17) is 4.42 Å². The van der Waals surface area contributed by atoms with Crippen LogP contribution in [0.1, 0.15) is 59.8 Å². The normalized spacial score (nSPS) is 16.7. The van der Waals surface area contributed by atoms with Gasteiger partial charge in [-0.15, -0.1) is 0 Å². The van der Waals surface area contributed by atoms with Crippen LogP contribution in [0.15, 0.2) is 22.6 Å². The number of carbonyl (C=O) groups is 2. The lowest BCUT2D eigenvalue weighted by molar-refractivity contribution is -0.121. The van der Waals surface area contributed by atoms with Gasteiger partial charge in [-0.05, 0) is 44.9 Å². The molecule has 2 amide bonds. The van der Waals surface area contributed by atoms with Crippen molar-refractivity contribution in [3.05, 3.63) is 41.1 Å². The Labute approximate surface area is 159 Å². The Morgan fingerprint density at radius 2 is 2.00 bits per heavy atom.